The van der Waals surface area contributed by atoms with E-state index in [1.165, 1.54) is 5.69 Å². The molecule has 3 heterocycles. The molecule has 1 aliphatic heterocycles. The standard InChI is InChI=1S/C13H20N6O.HI/c1-10(2)19-11(3-5-15-19)8-18-6-4-13(20,9-18)12-7-14-17-16-12;/h3,5,7,10,20H,4,6,8-9H2,1-2H3,(H,14,16,17);1H. The van der Waals surface area contributed by atoms with E-state index >= 15 is 0 Å². The molecule has 7 nitrogen and oxygen atoms in total. The molecule has 0 spiro atoms. The Bertz CT molecular complexity index is 569. The Morgan fingerprint density at radius 1 is 1.48 bits per heavy atom. The highest BCUT2D eigenvalue weighted by atomic mass is 127. The average Bonchev–Trinajstić information content (AvgIpc) is 3.10. The molecule has 0 saturated carbocycles. The first-order valence-corrected chi connectivity index (χ1v) is 6.92. The molecule has 1 fully saturated rings. The van der Waals surface area contributed by atoms with Gasteiger partial charge in [0.2, 0.25) is 0 Å². The minimum atomic E-state index is -0.893. The molecular weight excluding hydrogens is 383 g/mol. The van der Waals surface area contributed by atoms with Gasteiger partial charge < -0.3 is 5.11 Å². The van der Waals surface area contributed by atoms with Gasteiger partial charge in [0.25, 0.3) is 0 Å². The summed E-state index contributed by atoms with van der Waals surface area (Å²) in [5.74, 6) is 0. The molecular formula is C13H21IN6O. The molecule has 8 heteroatoms. The third kappa shape index (κ3) is 3.27. The molecule has 0 radical (unpaired) electrons. The summed E-state index contributed by atoms with van der Waals surface area (Å²) >= 11 is 0. The molecule has 116 valence electrons. The highest BCUT2D eigenvalue weighted by molar-refractivity contribution is 14.0. The Morgan fingerprint density at radius 3 is 2.95 bits per heavy atom. The molecule has 21 heavy (non-hydrogen) atoms. The number of likely N-dealkylation sites (tertiary alicyclic amines) is 1. The van der Waals surface area contributed by atoms with E-state index in [1.807, 2.05) is 16.9 Å². The van der Waals surface area contributed by atoms with Gasteiger partial charge in [0.15, 0.2) is 0 Å². The quantitative estimate of drug-likeness (QED) is 0.751. The second-order valence-electron chi connectivity index (χ2n) is 5.71. The number of β-amino-alcohol motifs (C(OH)–C–C–N with tert-alkyl or cyclic N) is 1. The van der Waals surface area contributed by atoms with Crippen molar-refractivity contribution in [3.8, 4) is 0 Å². The lowest BCUT2D eigenvalue weighted by Gasteiger charge is -2.21. The Hall–Kier alpha value is -1.000. The number of halogens is 1. The van der Waals surface area contributed by atoms with Crippen LogP contribution in [0.1, 0.15) is 37.7 Å². The van der Waals surface area contributed by atoms with Crippen LogP contribution < -0.4 is 0 Å². The Kier molecular flexibility index (Phi) is 4.99. The number of nitrogens with one attached hydrogen (secondary N) is 1. The lowest BCUT2D eigenvalue weighted by atomic mass is 10.0. The monoisotopic (exact) mass is 404 g/mol. The molecule has 1 atom stereocenters. The van der Waals surface area contributed by atoms with Gasteiger partial charge in [-0.05, 0) is 26.3 Å². The first-order valence-electron chi connectivity index (χ1n) is 6.92. The Morgan fingerprint density at radius 2 is 2.29 bits per heavy atom. The number of aromatic amines is 1. The minimum absolute atomic E-state index is 0. The molecule has 2 aromatic heterocycles. The van der Waals surface area contributed by atoms with Gasteiger partial charge in [-0.2, -0.15) is 20.5 Å². The molecule has 3 rings (SSSR count). The predicted octanol–water partition coefficient (Wildman–Crippen LogP) is 1.29. The van der Waals surface area contributed by atoms with Crippen molar-refractivity contribution in [2.75, 3.05) is 13.1 Å². The van der Waals surface area contributed by atoms with E-state index in [-0.39, 0.29) is 24.0 Å². The van der Waals surface area contributed by atoms with Gasteiger partial charge in [0.05, 0.1) is 11.9 Å². The van der Waals surface area contributed by atoms with Crippen LogP contribution in [0.2, 0.25) is 0 Å². The molecule has 1 aliphatic rings. The van der Waals surface area contributed by atoms with Gasteiger partial charge >= 0.3 is 0 Å². The van der Waals surface area contributed by atoms with E-state index in [0.717, 1.165) is 13.1 Å². The number of hydrogen-bond donors (Lipinski definition) is 2. The largest absolute Gasteiger partial charge is 0.382 e. The summed E-state index contributed by atoms with van der Waals surface area (Å²) in [6.07, 6.45) is 4.10. The summed E-state index contributed by atoms with van der Waals surface area (Å²) in [6, 6.07) is 2.38. The van der Waals surface area contributed by atoms with Crippen molar-refractivity contribution in [1.29, 1.82) is 0 Å². The van der Waals surface area contributed by atoms with E-state index < -0.39 is 5.60 Å². The van der Waals surface area contributed by atoms with E-state index in [9.17, 15) is 5.11 Å². The molecule has 1 unspecified atom stereocenters. The number of H-pyrrole nitrogens is 1. The summed E-state index contributed by atoms with van der Waals surface area (Å²) in [6.45, 7) is 6.44. The third-order valence-electron chi connectivity index (χ3n) is 3.85. The molecule has 0 aromatic carbocycles. The van der Waals surface area contributed by atoms with E-state index in [4.69, 9.17) is 0 Å². The number of rotatable bonds is 4. The van der Waals surface area contributed by atoms with Crippen molar-refractivity contribution in [1.82, 2.24) is 30.1 Å². The van der Waals surface area contributed by atoms with Gasteiger partial charge in [-0.3, -0.25) is 9.58 Å². The number of nitrogens with zero attached hydrogens (tertiary/aromatic N) is 5. The fourth-order valence-electron chi connectivity index (χ4n) is 2.80. The van der Waals surface area contributed by atoms with Crippen molar-refractivity contribution >= 4 is 24.0 Å². The normalized spacial score (nSPS) is 22.7. The van der Waals surface area contributed by atoms with Gasteiger partial charge in [-0.1, -0.05) is 0 Å². The number of hydrogen-bond acceptors (Lipinski definition) is 5. The van der Waals surface area contributed by atoms with Crippen molar-refractivity contribution in [3.63, 3.8) is 0 Å². The summed E-state index contributed by atoms with van der Waals surface area (Å²) in [5, 5.41) is 25.3. The zero-order valence-electron chi connectivity index (χ0n) is 12.2. The van der Waals surface area contributed by atoms with Crippen LogP contribution in [0.3, 0.4) is 0 Å². The highest BCUT2D eigenvalue weighted by Gasteiger charge is 2.39. The van der Waals surface area contributed by atoms with E-state index in [1.54, 1.807) is 6.20 Å². The maximum Gasteiger partial charge on any atom is 0.124 e. The summed E-state index contributed by atoms with van der Waals surface area (Å²) in [4.78, 5) is 2.23. The second-order valence-corrected chi connectivity index (χ2v) is 5.71. The van der Waals surface area contributed by atoms with Crippen molar-refractivity contribution in [2.45, 2.75) is 38.5 Å². The van der Waals surface area contributed by atoms with E-state index in [2.05, 4.69) is 39.3 Å². The van der Waals surface area contributed by atoms with Crippen LogP contribution in [0.5, 0.6) is 0 Å². The molecule has 2 N–H and O–H groups in total. The lowest BCUT2D eigenvalue weighted by Crippen LogP contribution is -2.31. The molecule has 1 saturated heterocycles. The van der Waals surface area contributed by atoms with Crippen molar-refractivity contribution < 1.29 is 5.11 Å². The molecule has 0 bridgehead atoms. The molecule has 0 aliphatic carbocycles. The smallest absolute Gasteiger partial charge is 0.124 e. The van der Waals surface area contributed by atoms with Crippen LogP contribution in [0.15, 0.2) is 18.5 Å². The first kappa shape index (κ1) is 16.4. The van der Waals surface area contributed by atoms with Crippen LogP contribution >= 0.6 is 24.0 Å². The number of aliphatic hydroxyl groups is 1. The third-order valence-corrected chi connectivity index (χ3v) is 3.85. The van der Waals surface area contributed by atoms with Crippen LogP contribution in [0.4, 0.5) is 0 Å². The fourth-order valence-corrected chi connectivity index (χ4v) is 2.80. The zero-order chi connectivity index (χ0) is 14.2. The van der Waals surface area contributed by atoms with Gasteiger partial charge in [-0.15, -0.1) is 24.0 Å². The zero-order valence-corrected chi connectivity index (χ0v) is 14.6. The Balaban J connectivity index is 0.00000161. The van der Waals surface area contributed by atoms with Crippen LogP contribution in [-0.4, -0.2) is 48.3 Å². The van der Waals surface area contributed by atoms with Crippen LogP contribution in [0, 0.1) is 0 Å². The van der Waals surface area contributed by atoms with Crippen LogP contribution in [0.25, 0.3) is 0 Å². The summed E-state index contributed by atoms with van der Waals surface area (Å²) in [7, 11) is 0. The SMILES string of the molecule is CC(C)n1nccc1CN1CCC(O)(c2cn[nH]n2)C1.I. The molecule has 0 amide bonds. The first-order chi connectivity index (χ1) is 9.58. The second kappa shape index (κ2) is 6.41. The Labute approximate surface area is 140 Å². The van der Waals surface area contributed by atoms with Crippen LogP contribution in [-0.2, 0) is 12.1 Å². The van der Waals surface area contributed by atoms with E-state index in [0.29, 0.717) is 24.7 Å². The predicted molar refractivity (Wildman–Crippen MR) is 88.2 cm³/mol. The summed E-state index contributed by atoms with van der Waals surface area (Å²) in [5.41, 5.74) is 0.900. The van der Waals surface area contributed by atoms with Crippen molar-refractivity contribution in [2.24, 2.45) is 0 Å². The topological polar surface area (TPSA) is 82.9 Å². The van der Waals surface area contributed by atoms with Gasteiger partial charge in [0.1, 0.15) is 11.3 Å². The highest BCUT2D eigenvalue weighted by Crippen LogP contribution is 2.31. The van der Waals surface area contributed by atoms with Crippen molar-refractivity contribution in [3.05, 3.63) is 29.8 Å². The lowest BCUT2D eigenvalue weighted by molar-refractivity contribution is 0.0405. The number of aromatic nitrogens is 5. The maximum atomic E-state index is 10.6. The molecule has 2 aromatic rings. The maximum absolute atomic E-state index is 10.6. The average molecular weight is 404 g/mol. The van der Waals surface area contributed by atoms with Gasteiger partial charge in [-0.25, -0.2) is 0 Å². The summed E-state index contributed by atoms with van der Waals surface area (Å²) < 4.78 is 2.02. The minimum Gasteiger partial charge on any atom is -0.382 e. The van der Waals surface area contributed by atoms with Gasteiger partial charge in [0, 0.05) is 31.9 Å². The fraction of sp³-hybridized carbons (Fsp3) is 0.615.